The third-order valence-electron chi connectivity index (χ3n) is 5.72. The first kappa shape index (κ1) is 27.5. The normalized spacial score (nSPS) is 16.3. The van der Waals surface area contributed by atoms with Gasteiger partial charge in [0.25, 0.3) is 0 Å². The molecule has 0 amide bonds. The van der Waals surface area contributed by atoms with Gasteiger partial charge >= 0.3 is 0 Å². The highest BCUT2D eigenvalue weighted by Crippen LogP contribution is 2.55. The lowest BCUT2D eigenvalue weighted by atomic mass is 9.98. The van der Waals surface area contributed by atoms with E-state index in [0.29, 0.717) is 5.92 Å². The fourth-order valence-corrected chi connectivity index (χ4v) is 7.94. The third kappa shape index (κ3) is 7.39. The van der Waals surface area contributed by atoms with Crippen molar-refractivity contribution in [1.82, 2.24) is 4.90 Å². The number of rotatable bonds is 10. The zero-order chi connectivity index (χ0) is 22.3. The summed E-state index contributed by atoms with van der Waals surface area (Å²) in [7, 11) is 5.64. The fourth-order valence-electron chi connectivity index (χ4n) is 4.17. The van der Waals surface area contributed by atoms with Gasteiger partial charge in [-0.1, -0.05) is 36.7 Å². The molecular weight excluding hydrogens is 481 g/mol. The van der Waals surface area contributed by atoms with Crippen LogP contribution < -0.4 is 9.47 Å². The summed E-state index contributed by atoms with van der Waals surface area (Å²) in [5.74, 6) is 4.61. The van der Waals surface area contributed by atoms with Crippen LogP contribution in [-0.4, -0.2) is 50.8 Å². The van der Waals surface area contributed by atoms with Crippen molar-refractivity contribution in [1.29, 1.82) is 0 Å². The van der Waals surface area contributed by atoms with Crippen molar-refractivity contribution in [3.63, 3.8) is 0 Å². The Hall–Kier alpha value is -0.720. The van der Waals surface area contributed by atoms with Crippen LogP contribution >= 0.6 is 47.5 Å². The maximum Gasteiger partial charge on any atom is 0.161 e. The van der Waals surface area contributed by atoms with Crippen molar-refractivity contribution < 1.29 is 9.47 Å². The van der Waals surface area contributed by atoms with Crippen molar-refractivity contribution in [2.24, 2.45) is 5.92 Å². The van der Waals surface area contributed by atoms with Gasteiger partial charge in [0.15, 0.2) is 11.5 Å². The van der Waals surface area contributed by atoms with Crippen molar-refractivity contribution in [2.45, 2.75) is 30.3 Å². The molecule has 0 radical (unpaired) electrons. The van der Waals surface area contributed by atoms with Gasteiger partial charge in [0, 0.05) is 18.1 Å². The second kappa shape index (κ2) is 13.2. The second-order valence-corrected chi connectivity index (χ2v) is 11.8. The minimum atomic E-state index is 0. The number of methoxy groups -OCH3 is 2. The summed E-state index contributed by atoms with van der Waals surface area (Å²) in [5.41, 5.74) is 2.68. The molecule has 0 bridgehead atoms. The van der Waals surface area contributed by atoms with E-state index in [1.807, 2.05) is 12.1 Å². The first-order valence-corrected chi connectivity index (χ1v) is 13.2. The third-order valence-corrected chi connectivity index (χ3v) is 9.40. The molecule has 178 valence electrons. The molecule has 3 rings (SSSR count). The van der Waals surface area contributed by atoms with Crippen LogP contribution in [0.2, 0.25) is 5.02 Å². The predicted molar refractivity (Wildman–Crippen MR) is 144 cm³/mol. The van der Waals surface area contributed by atoms with Crippen molar-refractivity contribution in [3.8, 4) is 11.5 Å². The molecule has 1 unspecified atom stereocenters. The smallest absolute Gasteiger partial charge is 0.161 e. The monoisotopic (exact) mass is 515 g/mol. The average Bonchev–Trinajstić information content (AvgIpc) is 2.78. The van der Waals surface area contributed by atoms with Gasteiger partial charge in [-0.25, -0.2) is 0 Å². The van der Waals surface area contributed by atoms with Gasteiger partial charge in [-0.3, -0.25) is 0 Å². The zero-order valence-corrected chi connectivity index (χ0v) is 22.6. The molecule has 7 heteroatoms. The number of thioether (sulfide) groups is 2. The van der Waals surface area contributed by atoms with Gasteiger partial charge in [-0.05, 0) is 79.1 Å². The van der Waals surface area contributed by atoms with Crippen LogP contribution in [0.1, 0.15) is 30.9 Å². The van der Waals surface area contributed by atoms with E-state index in [1.54, 1.807) is 14.2 Å². The van der Waals surface area contributed by atoms with Gasteiger partial charge in [-0.15, -0.1) is 35.9 Å². The Balaban J connectivity index is 0.00000363. The maximum atomic E-state index is 6.01. The first-order valence-electron chi connectivity index (χ1n) is 10.9. The summed E-state index contributed by atoms with van der Waals surface area (Å²) in [6.45, 7) is 4.52. The van der Waals surface area contributed by atoms with Crippen molar-refractivity contribution in [3.05, 3.63) is 58.6 Å². The first-order chi connectivity index (χ1) is 15.0. The van der Waals surface area contributed by atoms with Gasteiger partial charge in [0.1, 0.15) is 0 Å². The second-order valence-electron chi connectivity index (χ2n) is 8.32. The predicted octanol–water partition coefficient (Wildman–Crippen LogP) is 7.00. The lowest BCUT2D eigenvalue weighted by Crippen LogP contribution is -2.32. The molecule has 1 fully saturated rings. The van der Waals surface area contributed by atoms with E-state index in [-0.39, 0.29) is 16.5 Å². The van der Waals surface area contributed by atoms with Crippen LogP contribution in [0.5, 0.6) is 11.5 Å². The van der Waals surface area contributed by atoms with E-state index in [4.69, 9.17) is 21.1 Å². The average molecular weight is 517 g/mol. The molecule has 1 aliphatic heterocycles. The highest BCUT2D eigenvalue weighted by molar-refractivity contribution is 8.18. The van der Waals surface area contributed by atoms with Crippen LogP contribution in [0.25, 0.3) is 0 Å². The van der Waals surface area contributed by atoms with Crippen molar-refractivity contribution >= 4 is 47.5 Å². The number of halogens is 2. The molecule has 1 atom stereocenters. The Labute approximate surface area is 213 Å². The Morgan fingerprint density at radius 3 is 2.31 bits per heavy atom. The molecule has 1 aliphatic rings. The van der Waals surface area contributed by atoms with Gasteiger partial charge in [0.05, 0.1) is 18.3 Å². The van der Waals surface area contributed by atoms with E-state index in [1.165, 1.54) is 29.1 Å². The standard InChI is InChI=1S/C25H34ClNO2S2.ClH/c1-19(18-27(2)13-12-20-6-9-22(26)10-7-20)17-25(30-14-5-15-31-25)21-8-11-23(28-3)24(16-21)29-4;/h6-11,16,19H,5,12-15,17-18H2,1-4H3;1H. The summed E-state index contributed by atoms with van der Waals surface area (Å²) in [6.07, 6.45) is 3.47. The highest BCUT2D eigenvalue weighted by atomic mass is 35.5. The molecule has 32 heavy (non-hydrogen) atoms. The fraction of sp³-hybridized carbons (Fsp3) is 0.520. The lowest BCUT2D eigenvalue weighted by molar-refractivity contribution is 0.278. The van der Waals surface area contributed by atoms with E-state index >= 15 is 0 Å². The van der Waals surface area contributed by atoms with Gasteiger partial charge < -0.3 is 14.4 Å². The molecule has 3 nitrogen and oxygen atoms in total. The van der Waals surface area contributed by atoms with E-state index in [2.05, 4.69) is 72.7 Å². The Kier molecular flexibility index (Phi) is 11.4. The summed E-state index contributed by atoms with van der Waals surface area (Å²) in [5, 5.41) is 0.800. The highest BCUT2D eigenvalue weighted by Gasteiger charge is 2.37. The topological polar surface area (TPSA) is 21.7 Å². The van der Waals surface area contributed by atoms with Gasteiger partial charge in [-0.2, -0.15) is 0 Å². The number of nitrogens with zero attached hydrogens (tertiary/aromatic N) is 1. The number of likely N-dealkylation sites (N-methyl/N-ethyl adjacent to an activating group) is 1. The molecule has 2 aromatic carbocycles. The summed E-state index contributed by atoms with van der Waals surface area (Å²) in [4.78, 5) is 2.46. The number of hydrogen-bond acceptors (Lipinski definition) is 5. The molecule has 0 aromatic heterocycles. The largest absolute Gasteiger partial charge is 0.493 e. The molecule has 0 N–H and O–H groups in total. The molecule has 1 heterocycles. The number of hydrogen-bond donors (Lipinski definition) is 0. The molecule has 0 spiro atoms. The lowest BCUT2D eigenvalue weighted by Gasteiger charge is -2.39. The molecule has 0 saturated carbocycles. The van der Waals surface area contributed by atoms with E-state index in [9.17, 15) is 0 Å². The Bertz CT molecular complexity index is 829. The minimum absolute atomic E-state index is 0. The van der Waals surface area contributed by atoms with Crippen LogP contribution in [0, 0.1) is 5.92 Å². The quantitative estimate of drug-likeness (QED) is 0.338. The maximum absolute atomic E-state index is 6.01. The molecule has 0 aliphatic carbocycles. The summed E-state index contributed by atoms with van der Waals surface area (Å²) < 4.78 is 11.1. The number of benzene rings is 2. The molecule has 1 saturated heterocycles. The summed E-state index contributed by atoms with van der Waals surface area (Å²) >= 11 is 10.2. The van der Waals surface area contributed by atoms with Crippen LogP contribution in [0.3, 0.4) is 0 Å². The van der Waals surface area contributed by atoms with E-state index in [0.717, 1.165) is 42.5 Å². The molecular formula is C25H35Cl2NO2S2. The molecule has 2 aromatic rings. The van der Waals surface area contributed by atoms with Crippen LogP contribution in [-0.2, 0) is 10.5 Å². The van der Waals surface area contributed by atoms with Crippen LogP contribution in [0.15, 0.2) is 42.5 Å². The summed E-state index contributed by atoms with van der Waals surface area (Å²) in [6, 6.07) is 14.7. The Morgan fingerprint density at radius 2 is 1.69 bits per heavy atom. The zero-order valence-electron chi connectivity index (χ0n) is 19.4. The van der Waals surface area contributed by atoms with Gasteiger partial charge in [0.2, 0.25) is 0 Å². The number of ether oxygens (including phenoxy) is 2. The minimum Gasteiger partial charge on any atom is -0.493 e. The van der Waals surface area contributed by atoms with Crippen molar-refractivity contribution in [2.75, 3.05) is 45.9 Å². The Morgan fingerprint density at radius 1 is 1.03 bits per heavy atom. The van der Waals surface area contributed by atoms with E-state index < -0.39 is 0 Å². The van der Waals surface area contributed by atoms with Crippen LogP contribution in [0.4, 0.5) is 0 Å². The SMILES string of the molecule is COc1ccc(C2(CC(C)CN(C)CCc3ccc(Cl)cc3)SCCCS2)cc1OC.Cl.